The molecule has 1 amide bonds. The number of anilines is 1. The van der Waals surface area contributed by atoms with Crippen LogP contribution in [0.5, 0.6) is 0 Å². The Morgan fingerprint density at radius 3 is 3.00 bits per heavy atom. The van der Waals surface area contributed by atoms with Gasteiger partial charge in [-0.1, -0.05) is 18.2 Å². The first-order chi connectivity index (χ1) is 7.70. The third-order valence-electron chi connectivity index (χ3n) is 2.72. The lowest BCUT2D eigenvalue weighted by molar-refractivity contribution is -0.111. The van der Waals surface area contributed by atoms with E-state index in [0.29, 0.717) is 0 Å². The van der Waals surface area contributed by atoms with Gasteiger partial charge in [-0.05, 0) is 37.2 Å². The van der Waals surface area contributed by atoms with Crippen molar-refractivity contribution in [2.24, 2.45) is 0 Å². The number of carbonyl (C=O) groups is 1. The van der Waals surface area contributed by atoms with E-state index in [1.807, 2.05) is 19.1 Å². The Hall–Kier alpha value is -1.61. The molecule has 16 heavy (non-hydrogen) atoms. The summed E-state index contributed by atoms with van der Waals surface area (Å²) in [4.78, 5) is 13.7. The minimum absolute atomic E-state index is 0.0644. The predicted molar refractivity (Wildman–Crippen MR) is 65.1 cm³/mol. The van der Waals surface area contributed by atoms with Gasteiger partial charge in [0.1, 0.15) is 0 Å². The van der Waals surface area contributed by atoms with E-state index >= 15 is 0 Å². The van der Waals surface area contributed by atoms with Crippen LogP contribution in [-0.2, 0) is 17.9 Å². The molecule has 3 nitrogen and oxygen atoms in total. The monoisotopic (exact) mass is 216 g/mol. The second-order valence-corrected chi connectivity index (χ2v) is 4.10. The molecular weight excluding hydrogens is 200 g/mol. The molecule has 3 heteroatoms. The Labute approximate surface area is 95.8 Å². The topological polar surface area (TPSA) is 32.3 Å². The van der Waals surface area contributed by atoms with Crippen LogP contribution in [0.15, 0.2) is 30.4 Å². The van der Waals surface area contributed by atoms with Gasteiger partial charge >= 0.3 is 0 Å². The van der Waals surface area contributed by atoms with Crippen molar-refractivity contribution in [1.82, 2.24) is 4.90 Å². The van der Waals surface area contributed by atoms with Crippen molar-refractivity contribution in [3.63, 3.8) is 0 Å². The Kier molecular flexibility index (Phi) is 3.06. The summed E-state index contributed by atoms with van der Waals surface area (Å²) >= 11 is 0. The van der Waals surface area contributed by atoms with Crippen LogP contribution in [0.1, 0.15) is 18.1 Å². The Balaban J connectivity index is 2.23. The van der Waals surface area contributed by atoms with Crippen molar-refractivity contribution in [2.75, 3.05) is 12.4 Å². The standard InChI is InChI=1S/C13H16N2O/c1-3-5-13(16)14-12-7-4-6-10-8-15(2)9-11(10)12/h3-7H,8-9H2,1-2H3,(H,14,16)/b5-3+. The first-order valence-electron chi connectivity index (χ1n) is 5.43. The number of hydrogen-bond donors (Lipinski definition) is 1. The molecule has 0 spiro atoms. The summed E-state index contributed by atoms with van der Waals surface area (Å²) in [6.07, 6.45) is 3.28. The fourth-order valence-corrected chi connectivity index (χ4v) is 2.03. The zero-order valence-corrected chi connectivity index (χ0v) is 9.66. The van der Waals surface area contributed by atoms with Crippen molar-refractivity contribution in [3.05, 3.63) is 41.5 Å². The highest BCUT2D eigenvalue weighted by Crippen LogP contribution is 2.28. The summed E-state index contributed by atoms with van der Waals surface area (Å²) < 4.78 is 0. The number of allylic oxidation sites excluding steroid dienone is 1. The van der Waals surface area contributed by atoms with E-state index in [0.717, 1.165) is 18.8 Å². The van der Waals surface area contributed by atoms with Gasteiger partial charge in [0.25, 0.3) is 0 Å². The summed E-state index contributed by atoms with van der Waals surface area (Å²) in [5.41, 5.74) is 3.48. The van der Waals surface area contributed by atoms with Crippen molar-refractivity contribution >= 4 is 11.6 Å². The first kappa shape index (κ1) is 10.9. The number of hydrogen-bond acceptors (Lipinski definition) is 2. The second-order valence-electron chi connectivity index (χ2n) is 4.10. The van der Waals surface area contributed by atoms with Crippen LogP contribution >= 0.6 is 0 Å². The zero-order chi connectivity index (χ0) is 11.5. The summed E-state index contributed by atoms with van der Waals surface area (Å²) in [6.45, 7) is 3.70. The van der Waals surface area contributed by atoms with Gasteiger partial charge in [0.05, 0.1) is 0 Å². The highest BCUT2D eigenvalue weighted by atomic mass is 16.1. The molecule has 0 bridgehead atoms. The number of fused-ring (bicyclic) bond motifs is 1. The van der Waals surface area contributed by atoms with Crippen LogP contribution in [-0.4, -0.2) is 17.9 Å². The van der Waals surface area contributed by atoms with Crippen LogP contribution in [0.3, 0.4) is 0 Å². The van der Waals surface area contributed by atoms with Crippen LogP contribution < -0.4 is 5.32 Å². The summed E-state index contributed by atoms with van der Waals surface area (Å²) in [7, 11) is 2.08. The molecule has 0 saturated carbocycles. The summed E-state index contributed by atoms with van der Waals surface area (Å²) in [6, 6.07) is 6.06. The third-order valence-corrected chi connectivity index (χ3v) is 2.72. The second kappa shape index (κ2) is 4.49. The molecule has 0 saturated heterocycles. The predicted octanol–water partition coefficient (Wildman–Crippen LogP) is 2.15. The maximum absolute atomic E-state index is 11.5. The maximum atomic E-state index is 11.5. The Bertz CT molecular complexity index is 438. The molecule has 2 rings (SSSR count). The summed E-state index contributed by atoms with van der Waals surface area (Å²) in [5.74, 6) is -0.0644. The molecule has 0 radical (unpaired) electrons. The SMILES string of the molecule is C/C=C/C(=O)Nc1cccc2c1CN(C)C2. The number of nitrogens with one attached hydrogen (secondary N) is 1. The molecular formula is C13H16N2O. The van der Waals surface area contributed by atoms with Crippen LogP contribution in [0.25, 0.3) is 0 Å². The van der Waals surface area contributed by atoms with E-state index in [9.17, 15) is 4.79 Å². The van der Waals surface area contributed by atoms with Gasteiger partial charge in [0.2, 0.25) is 5.91 Å². The van der Waals surface area contributed by atoms with E-state index in [-0.39, 0.29) is 5.91 Å². The molecule has 1 N–H and O–H groups in total. The minimum Gasteiger partial charge on any atom is -0.322 e. The molecule has 1 aromatic carbocycles. The fraction of sp³-hybridized carbons (Fsp3) is 0.308. The number of carbonyl (C=O) groups excluding carboxylic acids is 1. The van der Waals surface area contributed by atoms with Crippen molar-refractivity contribution in [2.45, 2.75) is 20.0 Å². The number of rotatable bonds is 2. The fourth-order valence-electron chi connectivity index (χ4n) is 2.03. The highest BCUT2D eigenvalue weighted by Gasteiger charge is 2.18. The van der Waals surface area contributed by atoms with Crippen LogP contribution in [0.4, 0.5) is 5.69 Å². The summed E-state index contributed by atoms with van der Waals surface area (Å²) in [5, 5.41) is 2.91. The lowest BCUT2D eigenvalue weighted by Gasteiger charge is -2.08. The number of benzene rings is 1. The van der Waals surface area contributed by atoms with E-state index in [4.69, 9.17) is 0 Å². The normalized spacial score (nSPS) is 15.4. The van der Waals surface area contributed by atoms with Gasteiger partial charge in [-0.15, -0.1) is 0 Å². The number of amides is 1. The molecule has 0 atom stereocenters. The Morgan fingerprint density at radius 1 is 1.44 bits per heavy atom. The highest BCUT2D eigenvalue weighted by molar-refractivity contribution is 5.99. The van der Waals surface area contributed by atoms with E-state index in [2.05, 4.69) is 23.3 Å². The molecule has 0 fully saturated rings. The average molecular weight is 216 g/mol. The molecule has 0 aliphatic carbocycles. The van der Waals surface area contributed by atoms with E-state index in [1.165, 1.54) is 17.2 Å². The van der Waals surface area contributed by atoms with E-state index in [1.54, 1.807) is 6.08 Å². The molecule has 1 aliphatic rings. The zero-order valence-electron chi connectivity index (χ0n) is 9.66. The first-order valence-corrected chi connectivity index (χ1v) is 5.43. The molecule has 84 valence electrons. The maximum Gasteiger partial charge on any atom is 0.248 e. The van der Waals surface area contributed by atoms with Gasteiger partial charge in [-0.3, -0.25) is 9.69 Å². The molecule has 1 aromatic rings. The smallest absolute Gasteiger partial charge is 0.248 e. The Morgan fingerprint density at radius 2 is 2.25 bits per heavy atom. The van der Waals surface area contributed by atoms with Crippen LogP contribution in [0.2, 0.25) is 0 Å². The third kappa shape index (κ3) is 2.14. The van der Waals surface area contributed by atoms with Crippen molar-refractivity contribution in [1.29, 1.82) is 0 Å². The molecule has 1 aliphatic heterocycles. The quantitative estimate of drug-likeness (QED) is 0.768. The largest absolute Gasteiger partial charge is 0.322 e. The van der Waals surface area contributed by atoms with Gasteiger partial charge in [0.15, 0.2) is 0 Å². The van der Waals surface area contributed by atoms with E-state index < -0.39 is 0 Å². The molecule has 0 aromatic heterocycles. The van der Waals surface area contributed by atoms with Crippen molar-refractivity contribution < 1.29 is 4.79 Å². The minimum atomic E-state index is -0.0644. The van der Waals surface area contributed by atoms with Gasteiger partial charge in [-0.2, -0.15) is 0 Å². The lowest BCUT2D eigenvalue weighted by Crippen LogP contribution is -2.11. The average Bonchev–Trinajstić information content (AvgIpc) is 2.60. The number of nitrogens with zero attached hydrogens (tertiary/aromatic N) is 1. The van der Waals surface area contributed by atoms with Gasteiger partial charge in [0, 0.05) is 18.8 Å². The van der Waals surface area contributed by atoms with Gasteiger partial charge in [-0.25, -0.2) is 0 Å². The molecule has 0 unspecified atom stereocenters. The lowest BCUT2D eigenvalue weighted by atomic mass is 10.1. The van der Waals surface area contributed by atoms with Gasteiger partial charge < -0.3 is 5.32 Å². The van der Waals surface area contributed by atoms with Crippen molar-refractivity contribution in [3.8, 4) is 0 Å². The molecule has 1 heterocycles. The van der Waals surface area contributed by atoms with Crippen LogP contribution in [0, 0.1) is 0 Å².